The fourth-order valence-electron chi connectivity index (χ4n) is 2.97. The predicted molar refractivity (Wildman–Crippen MR) is 86.0 cm³/mol. The van der Waals surface area contributed by atoms with Crippen molar-refractivity contribution in [1.82, 2.24) is 15.1 Å². The summed E-state index contributed by atoms with van der Waals surface area (Å²) in [6.07, 6.45) is 2.37. The zero-order valence-electron chi connectivity index (χ0n) is 13.5. The molecule has 2 rings (SSSR count). The molecular weight excluding hydrogens is 281 g/mol. The minimum Gasteiger partial charge on any atom is -0.355 e. The van der Waals surface area contributed by atoms with Crippen LogP contribution in [0.4, 0.5) is 4.39 Å². The summed E-state index contributed by atoms with van der Waals surface area (Å²) >= 11 is 0. The zero-order chi connectivity index (χ0) is 15.9. The van der Waals surface area contributed by atoms with E-state index in [0.717, 1.165) is 19.6 Å². The lowest BCUT2D eigenvalue weighted by Gasteiger charge is -2.29. The van der Waals surface area contributed by atoms with Crippen molar-refractivity contribution in [3.63, 3.8) is 0 Å². The van der Waals surface area contributed by atoms with Gasteiger partial charge in [0.25, 0.3) is 0 Å². The topological polar surface area (TPSA) is 35.6 Å². The highest BCUT2D eigenvalue weighted by molar-refractivity contribution is 5.77. The second-order valence-corrected chi connectivity index (χ2v) is 6.34. The van der Waals surface area contributed by atoms with Gasteiger partial charge in [0.05, 0.1) is 6.54 Å². The van der Waals surface area contributed by atoms with Crippen LogP contribution in [0.3, 0.4) is 0 Å². The average Bonchev–Trinajstić information content (AvgIpc) is 2.47. The molecule has 1 fully saturated rings. The molecule has 1 saturated heterocycles. The minimum atomic E-state index is -0.222. The van der Waals surface area contributed by atoms with E-state index < -0.39 is 0 Å². The van der Waals surface area contributed by atoms with Gasteiger partial charge in [-0.05, 0) is 45.5 Å². The third-order valence-corrected chi connectivity index (χ3v) is 4.12. The molecule has 1 N–H and O–H groups in total. The first-order chi connectivity index (χ1) is 10.5. The summed E-state index contributed by atoms with van der Waals surface area (Å²) in [6.45, 7) is 3.65. The summed E-state index contributed by atoms with van der Waals surface area (Å²) in [5.74, 6) is 0.326. The highest BCUT2D eigenvalue weighted by atomic mass is 19.1. The van der Waals surface area contributed by atoms with E-state index in [-0.39, 0.29) is 18.3 Å². The van der Waals surface area contributed by atoms with Gasteiger partial charge in [0.15, 0.2) is 0 Å². The van der Waals surface area contributed by atoms with Gasteiger partial charge >= 0.3 is 0 Å². The fourth-order valence-corrected chi connectivity index (χ4v) is 2.97. The minimum absolute atomic E-state index is 0.00654. The number of amides is 1. The molecule has 1 aliphatic rings. The Balaban J connectivity index is 1.71. The number of benzene rings is 1. The average molecular weight is 307 g/mol. The Morgan fingerprint density at radius 2 is 2.23 bits per heavy atom. The van der Waals surface area contributed by atoms with E-state index in [1.54, 1.807) is 12.1 Å². The van der Waals surface area contributed by atoms with Crippen LogP contribution < -0.4 is 5.32 Å². The van der Waals surface area contributed by atoms with Gasteiger partial charge in [-0.15, -0.1) is 0 Å². The van der Waals surface area contributed by atoms with Gasteiger partial charge in [-0.1, -0.05) is 18.2 Å². The first kappa shape index (κ1) is 16.9. The maximum atomic E-state index is 13.6. The number of carbonyl (C=O) groups is 1. The van der Waals surface area contributed by atoms with Gasteiger partial charge in [-0.25, -0.2) is 4.39 Å². The van der Waals surface area contributed by atoms with Crippen molar-refractivity contribution in [1.29, 1.82) is 0 Å². The second kappa shape index (κ2) is 8.25. The molecule has 0 aromatic heterocycles. The third kappa shape index (κ3) is 5.39. The number of carbonyl (C=O) groups excluding carboxylic acids is 1. The number of hydrogen-bond donors (Lipinski definition) is 1. The summed E-state index contributed by atoms with van der Waals surface area (Å²) in [6, 6.07) is 6.68. The van der Waals surface area contributed by atoms with Crippen molar-refractivity contribution in [3.05, 3.63) is 35.6 Å². The van der Waals surface area contributed by atoms with Crippen LogP contribution >= 0.6 is 0 Å². The molecule has 5 heteroatoms. The Labute approximate surface area is 132 Å². The Morgan fingerprint density at radius 1 is 1.45 bits per heavy atom. The maximum Gasteiger partial charge on any atom is 0.234 e. The van der Waals surface area contributed by atoms with Crippen molar-refractivity contribution in [3.8, 4) is 0 Å². The van der Waals surface area contributed by atoms with Gasteiger partial charge in [-0.2, -0.15) is 0 Å². The molecule has 0 aliphatic carbocycles. The first-order valence-corrected chi connectivity index (χ1v) is 7.92. The van der Waals surface area contributed by atoms with Crippen LogP contribution in [-0.4, -0.2) is 56.0 Å². The van der Waals surface area contributed by atoms with Crippen LogP contribution in [0.25, 0.3) is 0 Å². The molecule has 1 aromatic rings. The van der Waals surface area contributed by atoms with Gasteiger partial charge in [-0.3, -0.25) is 9.69 Å². The molecule has 1 aliphatic heterocycles. The standard InChI is InChI=1S/C17H26FN3O/c1-20-9-5-6-14(11-20)10-19-17(22)13-21(2)12-15-7-3-4-8-16(15)18/h3-4,7-8,14H,5-6,9-13H2,1-2H3,(H,19,22). The Morgan fingerprint density at radius 3 is 2.95 bits per heavy atom. The monoisotopic (exact) mass is 307 g/mol. The molecule has 0 saturated carbocycles. The predicted octanol–water partition coefficient (Wildman–Crippen LogP) is 1.72. The molecule has 4 nitrogen and oxygen atoms in total. The van der Waals surface area contributed by atoms with Crippen LogP contribution in [0.5, 0.6) is 0 Å². The Hall–Kier alpha value is -1.46. The van der Waals surface area contributed by atoms with Crippen molar-refractivity contribution in [2.45, 2.75) is 19.4 Å². The van der Waals surface area contributed by atoms with Crippen LogP contribution in [-0.2, 0) is 11.3 Å². The molecule has 0 bridgehead atoms. The third-order valence-electron chi connectivity index (χ3n) is 4.12. The lowest BCUT2D eigenvalue weighted by molar-refractivity contribution is -0.122. The number of rotatable bonds is 6. The molecule has 1 atom stereocenters. The molecule has 1 aromatic carbocycles. The van der Waals surface area contributed by atoms with Crippen LogP contribution in [0.2, 0.25) is 0 Å². The van der Waals surface area contributed by atoms with Gasteiger partial charge in [0.1, 0.15) is 5.82 Å². The number of likely N-dealkylation sites (tertiary alicyclic amines) is 1. The van der Waals surface area contributed by atoms with E-state index in [4.69, 9.17) is 0 Å². The van der Waals surface area contributed by atoms with Gasteiger partial charge < -0.3 is 10.2 Å². The second-order valence-electron chi connectivity index (χ2n) is 6.34. The molecule has 22 heavy (non-hydrogen) atoms. The molecule has 1 heterocycles. The Kier molecular flexibility index (Phi) is 6.34. The molecular formula is C17H26FN3O. The molecule has 122 valence electrons. The summed E-state index contributed by atoms with van der Waals surface area (Å²) < 4.78 is 13.6. The number of halogens is 1. The van der Waals surface area contributed by atoms with Crippen LogP contribution in [0, 0.1) is 11.7 Å². The summed E-state index contributed by atoms with van der Waals surface area (Å²) in [5, 5.41) is 3.00. The maximum absolute atomic E-state index is 13.6. The fraction of sp³-hybridized carbons (Fsp3) is 0.588. The number of likely N-dealkylation sites (N-methyl/N-ethyl adjacent to an activating group) is 1. The van der Waals surface area contributed by atoms with E-state index >= 15 is 0 Å². The van der Waals surface area contributed by atoms with E-state index in [9.17, 15) is 9.18 Å². The Bertz CT molecular complexity index is 495. The first-order valence-electron chi connectivity index (χ1n) is 7.92. The lowest BCUT2D eigenvalue weighted by atomic mass is 9.98. The summed E-state index contributed by atoms with van der Waals surface area (Å²) in [7, 11) is 3.95. The normalized spacial score (nSPS) is 19.4. The van der Waals surface area contributed by atoms with Crippen molar-refractivity contribution < 1.29 is 9.18 Å². The quantitative estimate of drug-likeness (QED) is 0.869. The SMILES string of the molecule is CN(CC(=O)NCC1CCCN(C)C1)Cc1ccccc1F. The van der Waals surface area contributed by atoms with Crippen LogP contribution in [0.15, 0.2) is 24.3 Å². The number of hydrogen-bond acceptors (Lipinski definition) is 3. The largest absolute Gasteiger partial charge is 0.355 e. The highest BCUT2D eigenvalue weighted by Crippen LogP contribution is 2.14. The smallest absolute Gasteiger partial charge is 0.234 e. The summed E-state index contributed by atoms with van der Waals surface area (Å²) in [4.78, 5) is 16.1. The zero-order valence-corrected chi connectivity index (χ0v) is 13.5. The van der Waals surface area contributed by atoms with Crippen LogP contribution in [0.1, 0.15) is 18.4 Å². The number of piperidine rings is 1. The molecule has 1 amide bonds. The van der Waals surface area contributed by atoms with Gasteiger partial charge in [0.2, 0.25) is 5.91 Å². The van der Waals surface area contributed by atoms with E-state index in [1.165, 1.54) is 18.9 Å². The highest BCUT2D eigenvalue weighted by Gasteiger charge is 2.18. The van der Waals surface area contributed by atoms with Crippen molar-refractivity contribution in [2.75, 3.05) is 40.3 Å². The molecule has 0 radical (unpaired) electrons. The summed E-state index contributed by atoms with van der Waals surface area (Å²) in [5.41, 5.74) is 0.617. The number of nitrogens with one attached hydrogen (secondary N) is 1. The van der Waals surface area contributed by atoms with Crippen molar-refractivity contribution in [2.24, 2.45) is 5.92 Å². The molecule has 1 unspecified atom stereocenters. The van der Waals surface area contributed by atoms with E-state index in [2.05, 4.69) is 17.3 Å². The molecule has 0 spiro atoms. The van der Waals surface area contributed by atoms with Crippen molar-refractivity contribution >= 4 is 5.91 Å². The van der Waals surface area contributed by atoms with Gasteiger partial charge in [0, 0.05) is 25.2 Å². The van der Waals surface area contributed by atoms with E-state index in [1.807, 2.05) is 18.0 Å². The lowest BCUT2D eigenvalue weighted by Crippen LogP contribution is -2.41. The van der Waals surface area contributed by atoms with E-state index in [0.29, 0.717) is 18.0 Å². The number of nitrogens with zero attached hydrogens (tertiary/aromatic N) is 2.